The number of carbonyl (C=O) groups excluding carboxylic acids is 2. The average Bonchev–Trinajstić information content (AvgIpc) is 2.23. The fraction of sp³-hybridized carbons (Fsp3) is 0.857. The van der Waals surface area contributed by atoms with Gasteiger partial charge in [0.15, 0.2) is 0 Å². The van der Waals surface area contributed by atoms with Crippen LogP contribution >= 0.6 is 0 Å². The molecule has 1 aliphatic rings. The lowest BCUT2D eigenvalue weighted by Crippen LogP contribution is -2.53. The Bertz CT molecular complexity index is 333. The molecule has 1 fully saturated rings. The van der Waals surface area contributed by atoms with Crippen LogP contribution in [0.25, 0.3) is 0 Å². The van der Waals surface area contributed by atoms with Crippen molar-refractivity contribution in [2.75, 3.05) is 13.1 Å². The van der Waals surface area contributed by atoms with Gasteiger partial charge in [0.2, 0.25) is 5.91 Å². The molecule has 0 radical (unpaired) electrons. The first-order valence-corrected chi connectivity index (χ1v) is 7.29. The van der Waals surface area contributed by atoms with E-state index in [0.29, 0.717) is 25.6 Å². The highest BCUT2D eigenvalue weighted by atomic mass is 16.6. The predicted octanol–water partition coefficient (Wildman–Crippen LogP) is 1.16. The molecule has 6 nitrogen and oxygen atoms in total. The Hall–Kier alpha value is -1.30. The molecule has 1 rings (SSSR count). The molecular weight excluding hydrogens is 258 g/mol. The van der Waals surface area contributed by atoms with Gasteiger partial charge in [-0.3, -0.25) is 4.79 Å². The van der Waals surface area contributed by atoms with E-state index in [1.807, 2.05) is 27.7 Å². The van der Waals surface area contributed by atoms with E-state index in [0.717, 1.165) is 12.8 Å². The van der Waals surface area contributed by atoms with Crippen molar-refractivity contribution < 1.29 is 14.3 Å². The number of hydrogen-bond acceptors (Lipinski definition) is 4. The molecule has 3 N–H and O–H groups in total. The van der Waals surface area contributed by atoms with Crippen LogP contribution in [-0.4, -0.2) is 42.8 Å². The van der Waals surface area contributed by atoms with Crippen molar-refractivity contribution in [2.24, 2.45) is 0 Å². The van der Waals surface area contributed by atoms with Gasteiger partial charge in [0.1, 0.15) is 5.60 Å². The van der Waals surface area contributed by atoms with Gasteiger partial charge >= 0.3 is 6.09 Å². The van der Waals surface area contributed by atoms with Gasteiger partial charge in [0.05, 0.1) is 0 Å². The second-order valence-corrected chi connectivity index (χ2v) is 6.17. The lowest BCUT2D eigenvalue weighted by Gasteiger charge is -2.36. The van der Waals surface area contributed by atoms with Gasteiger partial charge in [0, 0.05) is 31.6 Å². The number of rotatable bonds is 6. The van der Waals surface area contributed by atoms with Crippen LogP contribution in [0.1, 0.15) is 47.0 Å². The quantitative estimate of drug-likeness (QED) is 0.684. The third-order valence-corrected chi connectivity index (χ3v) is 3.02. The van der Waals surface area contributed by atoms with Gasteiger partial charge in [-0.2, -0.15) is 0 Å². The van der Waals surface area contributed by atoms with E-state index in [1.54, 1.807) is 0 Å². The van der Waals surface area contributed by atoms with Crippen molar-refractivity contribution in [3.05, 3.63) is 0 Å². The highest BCUT2D eigenvalue weighted by Crippen LogP contribution is 2.20. The van der Waals surface area contributed by atoms with Crippen molar-refractivity contribution in [1.29, 1.82) is 0 Å². The zero-order valence-electron chi connectivity index (χ0n) is 12.9. The van der Waals surface area contributed by atoms with E-state index in [4.69, 9.17) is 4.74 Å². The van der Waals surface area contributed by atoms with Crippen LogP contribution in [0.15, 0.2) is 0 Å². The maximum atomic E-state index is 11.5. The molecule has 0 aromatic heterocycles. The Morgan fingerprint density at radius 1 is 1.20 bits per heavy atom. The molecule has 6 heteroatoms. The molecule has 2 amide bonds. The highest BCUT2D eigenvalue weighted by molar-refractivity contribution is 5.75. The molecule has 0 spiro atoms. The van der Waals surface area contributed by atoms with Gasteiger partial charge in [0.25, 0.3) is 0 Å². The van der Waals surface area contributed by atoms with E-state index in [9.17, 15) is 9.59 Å². The van der Waals surface area contributed by atoms with Gasteiger partial charge in [-0.25, -0.2) is 4.79 Å². The maximum absolute atomic E-state index is 11.5. The van der Waals surface area contributed by atoms with E-state index in [1.165, 1.54) is 0 Å². The Kier molecular flexibility index (Phi) is 6.26. The predicted molar refractivity (Wildman–Crippen MR) is 77.5 cm³/mol. The van der Waals surface area contributed by atoms with Crippen LogP contribution in [0.2, 0.25) is 0 Å². The molecule has 116 valence electrons. The summed E-state index contributed by atoms with van der Waals surface area (Å²) in [6.07, 6.45) is 1.90. The minimum Gasteiger partial charge on any atom is -0.444 e. The molecule has 20 heavy (non-hydrogen) atoms. The first kappa shape index (κ1) is 16.8. The van der Waals surface area contributed by atoms with Crippen molar-refractivity contribution in [3.8, 4) is 0 Å². The van der Waals surface area contributed by atoms with Crippen LogP contribution < -0.4 is 16.0 Å². The molecular formula is C14H27N3O3. The summed E-state index contributed by atoms with van der Waals surface area (Å²) in [6.45, 7) is 8.79. The Morgan fingerprint density at radius 2 is 1.85 bits per heavy atom. The second kappa shape index (κ2) is 7.47. The van der Waals surface area contributed by atoms with Crippen molar-refractivity contribution in [3.63, 3.8) is 0 Å². The van der Waals surface area contributed by atoms with Crippen LogP contribution in [0, 0.1) is 0 Å². The number of nitrogens with one attached hydrogen (secondary N) is 3. The molecule has 1 aliphatic carbocycles. The van der Waals surface area contributed by atoms with E-state index in [2.05, 4.69) is 16.0 Å². The van der Waals surface area contributed by atoms with E-state index < -0.39 is 5.60 Å². The van der Waals surface area contributed by atoms with Crippen LogP contribution in [-0.2, 0) is 9.53 Å². The summed E-state index contributed by atoms with van der Waals surface area (Å²) in [5.41, 5.74) is -0.460. The normalized spacial score (nSPS) is 21.8. The Morgan fingerprint density at radius 3 is 2.40 bits per heavy atom. The number of carbonyl (C=O) groups is 2. The fourth-order valence-corrected chi connectivity index (χ4v) is 2.05. The molecule has 0 unspecified atom stereocenters. The first-order chi connectivity index (χ1) is 9.30. The summed E-state index contributed by atoms with van der Waals surface area (Å²) in [5, 5.41) is 8.91. The van der Waals surface area contributed by atoms with Crippen molar-refractivity contribution in [1.82, 2.24) is 16.0 Å². The lowest BCUT2D eigenvalue weighted by atomic mass is 9.87. The molecule has 0 bridgehead atoms. The molecule has 1 saturated carbocycles. The van der Waals surface area contributed by atoms with Crippen LogP contribution in [0.4, 0.5) is 4.79 Å². The third-order valence-electron chi connectivity index (χ3n) is 3.02. The summed E-state index contributed by atoms with van der Waals surface area (Å²) < 4.78 is 5.20. The minimum atomic E-state index is -0.460. The Labute approximate surface area is 121 Å². The molecule has 0 aromatic rings. The minimum absolute atomic E-state index is 0.0720. The second-order valence-electron chi connectivity index (χ2n) is 6.17. The number of hydrogen-bond donors (Lipinski definition) is 3. The molecule has 0 atom stereocenters. The van der Waals surface area contributed by atoms with Gasteiger partial charge in [-0.1, -0.05) is 0 Å². The molecule has 0 saturated heterocycles. The zero-order chi connectivity index (χ0) is 15.2. The SMILES string of the molecule is CCNC(=O)CCNC1CC(NC(=O)OC(C)(C)C)C1. The smallest absolute Gasteiger partial charge is 0.407 e. The maximum Gasteiger partial charge on any atom is 0.407 e. The van der Waals surface area contributed by atoms with Gasteiger partial charge in [-0.15, -0.1) is 0 Å². The lowest BCUT2D eigenvalue weighted by molar-refractivity contribution is -0.120. The highest BCUT2D eigenvalue weighted by Gasteiger charge is 2.31. The fourth-order valence-electron chi connectivity index (χ4n) is 2.05. The monoisotopic (exact) mass is 285 g/mol. The Balaban J connectivity index is 2.05. The van der Waals surface area contributed by atoms with Crippen molar-refractivity contribution >= 4 is 12.0 Å². The largest absolute Gasteiger partial charge is 0.444 e. The topological polar surface area (TPSA) is 79.5 Å². The number of alkyl carbamates (subject to hydrolysis) is 1. The summed E-state index contributed by atoms with van der Waals surface area (Å²) in [6, 6.07) is 0.552. The van der Waals surface area contributed by atoms with E-state index in [-0.39, 0.29) is 18.0 Å². The third kappa shape index (κ3) is 6.75. The number of amides is 2. The molecule has 0 aromatic carbocycles. The standard InChI is InChI=1S/C14H27N3O3/c1-5-15-12(18)6-7-16-10-8-11(9-10)17-13(19)20-14(2,3)4/h10-11,16H,5-9H2,1-4H3,(H,15,18)(H,17,19). The summed E-state index contributed by atoms with van der Waals surface area (Å²) >= 11 is 0. The van der Waals surface area contributed by atoms with Gasteiger partial charge < -0.3 is 20.7 Å². The average molecular weight is 285 g/mol. The van der Waals surface area contributed by atoms with Crippen LogP contribution in [0.3, 0.4) is 0 Å². The van der Waals surface area contributed by atoms with E-state index >= 15 is 0 Å². The summed E-state index contributed by atoms with van der Waals surface area (Å²) in [7, 11) is 0. The molecule has 0 aliphatic heterocycles. The molecule has 0 heterocycles. The van der Waals surface area contributed by atoms with Gasteiger partial charge in [-0.05, 0) is 40.5 Å². The summed E-state index contributed by atoms with van der Waals surface area (Å²) in [5.74, 6) is 0.0720. The first-order valence-electron chi connectivity index (χ1n) is 7.29. The van der Waals surface area contributed by atoms with Crippen molar-refractivity contribution in [2.45, 2.75) is 64.6 Å². The zero-order valence-corrected chi connectivity index (χ0v) is 12.9. The van der Waals surface area contributed by atoms with Crippen LogP contribution in [0.5, 0.6) is 0 Å². The number of ether oxygens (including phenoxy) is 1. The summed E-state index contributed by atoms with van der Waals surface area (Å²) in [4.78, 5) is 22.8.